The third kappa shape index (κ3) is 2.52. The number of hydrogen-bond acceptors (Lipinski definition) is 6. The molecule has 0 aliphatic carbocycles. The number of ether oxygens (including phenoxy) is 1. The zero-order valence-corrected chi connectivity index (χ0v) is 13.2. The minimum absolute atomic E-state index is 0.0524. The van der Waals surface area contributed by atoms with Crippen molar-refractivity contribution in [3.05, 3.63) is 22.5 Å². The SMILES string of the molecule is CCOC(=O)CN(C)C(=O)c1cc2c(nc3sccn32)s1. The van der Waals surface area contributed by atoms with Crippen molar-refractivity contribution in [2.75, 3.05) is 20.2 Å². The maximum absolute atomic E-state index is 12.3. The Hall–Kier alpha value is -1.93. The fourth-order valence-corrected chi connectivity index (χ4v) is 3.81. The minimum atomic E-state index is -0.406. The highest BCUT2D eigenvalue weighted by atomic mass is 32.1. The van der Waals surface area contributed by atoms with Gasteiger partial charge in [-0.25, -0.2) is 4.98 Å². The second kappa shape index (κ2) is 5.45. The Balaban J connectivity index is 1.83. The Morgan fingerprint density at radius 2 is 2.29 bits per heavy atom. The molecule has 0 saturated heterocycles. The van der Waals surface area contributed by atoms with Crippen molar-refractivity contribution >= 4 is 49.9 Å². The topological polar surface area (TPSA) is 63.9 Å². The van der Waals surface area contributed by atoms with E-state index in [1.54, 1.807) is 25.3 Å². The molecule has 3 aromatic heterocycles. The fraction of sp³-hybridized carbons (Fsp3) is 0.308. The zero-order valence-electron chi connectivity index (χ0n) is 11.5. The molecule has 0 unspecified atom stereocenters. The van der Waals surface area contributed by atoms with E-state index < -0.39 is 5.97 Å². The van der Waals surface area contributed by atoms with Crippen molar-refractivity contribution in [2.45, 2.75) is 6.92 Å². The number of aromatic nitrogens is 2. The standard InChI is InChI=1S/C13H13N3O3S2/c1-3-19-10(17)7-15(2)12(18)9-6-8-11(21-9)14-13-16(8)4-5-20-13/h4-6H,3,7H2,1-2H3. The minimum Gasteiger partial charge on any atom is -0.465 e. The second-order valence-electron chi connectivity index (χ2n) is 4.43. The Bertz CT molecular complexity index is 817. The number of thiazole rings is 1. The van der Waals surface area contributed by atoms with Crippen LogP contribution in [0.25, 0.3) is 15.3 Å². The summed E-state index contributed by atoms with van der Waals surface area (Å²) < 4.78 is 6.80. The van der Waals surface area contributed by atoms with Crippen molar-refractivity contribution in [3.8, 4) is 0 Å². The molecule has 6 nitrogen and oxygen atoms in total. The van der Waals surface area contributed by atoms with E-state index >= 15 is 0 Å². The lowest BCUT2D eigenvalue weighted by atomic mass is 10.4. The molecule has 0 aliphatic rings. The van der Waals surface area contributed by atoms with Gasteiger partial charge in [0.2, 0.25) is 0 Å². The van der Waals surface area contributed by atoms with E-state index in [1.807, 2.05) is 22.0 Å². The molecule has 3 rings (SSSR count). The summed E-state index contributed by atoms with van der Waals surface area (Å²) in [6.45, 7) is 1.99. The smallest absolute Gasteiger partial charge is 0.325 e. The maximum atomic E-state index is 12.3. The van der Waals surface area contributed by atoms with Gasteiger partial charge in [0.15, 0.2) is 4.96 Å². The maximum Gasteiger partial charge on any atom is 0.325 e. The van der Waals surface area contributed by atoms with Crippen LogP contribution in [-0.4, -0.2) is 46.4 Å². The Kier molecular flexibility index (Phi) is 3.64. The van der Waals surface area contributed by atoms with Gasteiger partial charge in [-0.2, -0.15) is 0 Å². The summed E-state index contributed by atoms with van der Waals surface area (Å²) in [5, 5.41) is 1.95. The number of hydrogen-bond donors (Lipinski definition) is 0. The normalized spacial score (nSPS) is 11.1. The van der Waals surface area contributed by atoms with E-state index in [9.17, 15) is 9.59 Å². The predicted molar refractivity (Wildman–Crippen MR) is 82.0 cm³/mol. The molecule has 0 bridgehead atoms. The highest BCUT2D eigenvalue weighted by Gasteiger charge is 2.20. The van der Waals surface area contributed by atoms with Gasteiger partial charge in [0.25, 0.3) is 5.91 Å². The largest absolute Gasteiger partial charge is 0.465 e. The molecule has 0 radical (unpaired) electrons. The fourth-order valence-electron chi connectivity index (χ4n) is 2.01. The summed E-state index contributed by atoms with van der Waals surface area (Å²) in [6.07, 6.45) is 1.93. The lowest BCUT2D eigenvalue weighted by molar-refractivity contribution is -0.143. The monoisotopic (exact) mass is 323 g/mol. The highest BCUT2D eigenvalue weighted by Crippen LogP contribution is 2.28. The first-order valence-corrected chi connectivity index (χ1v) is 8.06. The van der Waals surface area contributed by atoms with Gasteiger partial charge in [-0.05, 0) is 13.0 Å². The number of nitrogens with zero attached hydrogens (tertiary/aromatic N) is 3. The van der Waals surface area contributed by atoms with Crippen LogP contribution in [0.2, 0.25) is 0 Å². The quantitative estimate of drug-likeness (QED) is 0.691. The van der Waals surface area contributed by atoms with Crippen molar-refractivity contribution in [1.29, 1.82) is 0 Å². The van der Waals surface area contributed by atoms with Crippen LogP contribution in [0.15, 0.2) is 17.6 Å². The summed E-state index contributed by atoms with van der Waals surface area (Å²) in [5.74, 6) is -0.605. The van der Waals surface area contributed by atoms with Crippen molar-refractivity contribution in [1.82, 2.24) is 14.3 Å². The average Bonchev–Trinajstić information content (AvgIpc) is 3.08. The lowest BCUT2D eigenvalue weighted by Gasteiger charge is -2.14. The summed E-state index contributed by atoms with van der Waals surface area (Å²) in [5.41, 5.74) is 0.920. The van der Waals surface area contributed by atoms with Crippen LogP contribution < -0.4 is 0 Å². The molecule has 3 heterocycles. The number of amides is 1. The Morgan fingerprint density at radius 1 is 1.48 bits per heavy atom. The molecule has 0 atom stereocenters. The van der Waals surface area contributed by atoms with Gasteiger partial charge in [-0.15, -0.1) is 22.7 Å². The first-order chi connectivity index (χ1) is 10.1. The van der Waals surface area contributed by atoms with Gasteiger partial charge in [-0.1, -0.05) is 0 Å². The van der Waals surface area contributed by atoms with Crippen LogP contribution in [0.4, 0.5) is 0 Å². The predicted octanol–water partition coefficient (Wildman–Crippen LogP) is 2.25. The number of likely N-dealkylation sites (N-methyl/N-ethyl adjacent to an activating group) is 1. The summed E-state index contributed by atoms with van der Waals surface area (Å²) in [6, 6.07) is 1.82. The second-order valence-corrected chi connectivity index (χ2v) is 6.34. The van der Waals surface area contributed by atoms with Crippen molar-refractivity contribution < 1.29 is 14.3 Å². The zero-order chi connectivity index (χ0) is 15.0. The molecule has 0 fully saturated rings. The van der Waals surface area contributed by atoms with Gasteiger partial charge < -0.3 is 9.64 Å². The van der Waals surface area contributed by atoms with E-state index in [1.165, 1.54) is 16.2 Å². The number of imidazole rings is 1. The molecule has 0 N–H and O–H groups in total. The van der Waals surface area contributed by atoms with Crippen molar-refractivity contribution in [3.63, 3.8) is 0 Å². The van der Waals surface area contributed by atoms with E-state index in [-0.39, 0.29) is 12.5 Å². The molecular weight excluding hydrogens is 310 g/mol. The molecule has 0 saturated carbocycles. The molecule has 0 spiro atoms. The van der Waals surface area contributed by atoms with Gasteiger partial charge in [0.05, 0.1) is 17.0 Å². The number of rotatable bonds is 4. The molecule has 110 valence electrons. The number of fused-ring (bicyclic) bond motifs is 3. The van der Waals surface area contributed by atoms with Gasteiger partial charge in [-0.3, -0.25) is 14.0 Å². The van der Waals surface area contributed by atoms with E-state index in [4.69, 9.17) is 4.74 Å². The molecule has 8 heteroatoms. The molecular formula is C13H13N3O3S2. The Morgan fingerprint density at radius 3 is 3.05 bits per heavy atom. The third-order valence-electron chi connectivity index (χ3n) is 2.97. The summed E-state index contributed by atoms with van der Waals surface area (Å²) in [7, 11) is 1.59. The lowest BCUT2D eigenvalue weighted by Crippen LogP contribution is -2.32. The van der Waals surface area contributed by atoms with Crippen LogP contribution in [0, 0.1) is 0 Å². The van der Waals surface area contributed by atoms with Crippen LogP contribution in [0.1, 0.15) is 16.6 Å². The van der Waals surface area contributed by atoms with Crippen LogP contribution in [0.5, 0.6) is 0 Å². The molecule has 0 aliphatic heterocycles. The first-order valence-electron chi connectivity index (χ1n) is 6.36. The highest BCUT2D eigenvalue weighted by molar-refractivity contribution is 7.21. The molecule has 1 amide bonds. The van der Waals surface area contributed by atoms with Crippen LogP contribution in [0.3, 0.4) is 0 Å². The van der Waals surface area contributed by atoms with Gasteiger partial charge >= 0.3 is 5.97 Å². The summed E-state index contributed by atoms with van der Waals surface area (Å²) >= 11 is 2.89. The number of esters is 1. The average molecular weight is 323 g/mol. The van der Waals surface area contributed by atoms with Gasteiger partial charge in [0, 0.05) is 18.6 Å². The Labute approximate surface area is 128 Å². The van der Waals surface area contributed by atoms with E-state index in [0.29, 0.717) is 11.5 Å². The van der Waals surface area contributed by atoms with Crippen LogP contribution >= 0.6 is 22.7 Å². The number of carbonyl (C=O) groups is 2. The molecule has 21 heavy (non-hydrogen) atoms. The molecule has 0 aromatic carbocycles. The summed E-state index contributed by atoms with van der Waals surface area (Å²) in [4.78, 5) is 31.9. The number of thiophene rings is 1. The van der Waals surface area contributed by atoms with Gasteiger partial charge in [0.1, 0.15) is 11.4 Å². The van der Waals surface area contributed by atoms with E-state index in [0.717, 1.165) is 15.3 Å². The van der Waals surface area contributed by atoms with E-state index in [2.05, 4.69) is 4.98 Å². The van der Waals surface area contributed by atoms with Crippen molar-refractivity contribution in [2.24, 2.45) is 0 Å². The third-order valence-corrected chi connectivity index (χ3v) is 4.73. The molecule has 3 aromatic rings. The number of carbonyl (C=O) groups excluding carboxylic acids is 2. The van der Waals surface area contributed by atoms with Crippen LogP contribution in [-0.2, 0) is 9.53 Å². The first kappa shape index (κ1) is 14.0.